The molecule has 160 valence electrons. The number of rotatable bonds is 3. The van der Waals surface area contributed by atoms with Crippen LogP contribution in [0.2, 0.25) is 5.02 Å². The molecular weight excluding hydrogens is 422 g/mol. The van der Waals surface area contributed by atoms with E-state index in [9.17, 15) is 9.59 Å². The zero-order valence-electron chi connectivity index (χ0n) is 18.1. The summed E-state index contributed by atoms with van der Waals surface area (Å²) in [5.41, 5.74) is 4.83. The van der Waals surface area contributed by atoms with E-state index in [1.54, 1.807) is 16.7 Å². The predicted octanol–water partition coefficient (Wildman–Crippen LogP) is 4.96. The SMILES string of the molecule is Cc1cccc(-n2c(=O)c3c(c4cc(C)ccc4n3C)n(Cc3cccc(Cl)c3)c2=O)c1. The van der Waals surface area contributed by atoms with E-state index in [4.69, 9.17) is 11.6 Å². The summed E-state index contributed by atoms with van der Waals surface area (Å²) in [6, 6.07) is 20.9. The fourth-order valence-electron chi connectivity index (χ4n) is 4.43. The van der Waals surface area contributed by atoms with Crippen LogP contribution in [0.1, 0.15) is 16.7 Å². The first-order chi connectivity index (χ1) is 15.3. The number of nitrogens with zero attached hydrogens (tertiary/aromatic N) is 3. The van der Waals surface area contributed by atoms with Crippen LogP contribution in [-0.4, -0.2) is 13.7 Å². The Morgan fingerprint density at radius 3 is 2.34 bits per heavy atom. The minimum atomic E-state index is -0.373. The fourth-order valence-corrected chi connectivity index (χ4v) is 4.64. The Kier molecular flexibility index (Phi) is 4.79. The lowest BCUT2D eigenvalue weighted by Gasteiger charge is -2.14. The lowest BCUT2D eigenvalue weighted by Crippen LogP contribution is -2.39. The van der Waals surface area contributed by atoms with Crippen LogP contribution >= 0.6 is 11.6 Å². The number of aromatic nitrogens is 3. The standard InChI is InChI=1S/C26H22ClN3O2/c1-16-6-4-9-20(12-16)30-25(31)24-23(21-13-17(2)10-11-22(21)28(24)3)29(26(30)32)15-18-7-5-8-19(27)14-18/h4-14H,15H2,1-3H3. The van der Waals surface area contributed by atoms with Gasteiger partial charge in [0.1, 0.15) is 5.52 Å². The second-order valence-corrected chi connectivity index (χ2v) is 8.69. The lowest BCUT2D eigenvalue weighted by atomic mass is 10.1. The van der Waals surface area contributed by atoms with Gasteiger partial charge in [-0.25, -0.2) is 9.36 Å². The van der Waals surface area contributed by atoms with Gasteiger partial charge in [-0.2, -0.15) is 0 Å². The lowest BCUT2D eigenvalue weighted by molar-refractivity contribution is 0.712. The van der Waals surface area contributed by atoms with Crippen molar-refractivity contribution in [2.75, 3.05) is 0 Å². The van der Waals surface area contributed by atoms with Gasteiger partial charge in [-0.05, 0) is 61.4 Å². The molecule has 32 heavy (non-hydrogen) atoms. The minimum absolute atomic E-state index is 0.301. The molecule has 0 aliphatic rings. The Hall–Kier alpha value is -3.57. The molecule has 0 bridgehead atoms. The topological polar surface area (TPSA) is 48.9 Å². The first kappa shape index (κ1) is 20.3. The van der Waals surface area contributed by atoms with E-state index >= 15 is 0 Å². The van der Waals surface area contributed by atoms with Crippen molar-refractivity contribution in [3.05, 3.63) is 109 Å². The molecule has 0 N–H and O–H groups in total. The molecule has 0 aliphatic carbocycles. The van der Waals surface area contributed by atoms with Crippen LogP contribution in [0.4, 0.5) is 0 Å². The molecule has 5 rings (SSSR count). The van der Waals surface area contributed by atoms with Crippen LogP contribution in [0.3, 0.4) is 0 Å². The number of aryl methyl sites for hydroxylation is 3. The van der Waals surface area contributed by atoms with E-state index in [0.717, 1.165) is 27.6 Å². The van der Waals surface area contributed by atoms with E-state index in [0.29, 0.717) is 28.3 Å². The molecule has 3 aromatic carbocycles. The highest BCUT2D eigenvalue weighted by atomic mass is 35.5. The third-order valence-corrected chi connectivity index (χ3v) is 6.15. The fraction of sp³-hybridized carbons (Fsp3) is 0.154. The van der Waals surface area contributed by atoms with E-state index in [2.05, 4.69) is 0 Å². The normalized spacial score (nSPS) is 11.5. The Morgan fingerprint density at radius 1 is 0.844 bits per heavy atom. The summed E-state index contributed by atoms with van der Waals surface area (Å²) >= 11 is 6.21. The molecule has 0 amide bonds. The average molecular weight is 444 g/mol. The summed E-state index contributed by atoms with van der Waals surface area (Å²) in [6.07, 6.45) is 0. The molecule has 0 fully saturated rings. The van der Waals surface area contributed by atoms with Crippen molar-refractivity contribution >= 4 is 33.5 Å². The molecule has 0 unspecified atom stereocenters. The highest BCUT2D eigenvalue weighted by Crippen LogP contribution is 2.27. The van der Waals surface area contributed by atoms with Crippen molar-refractivity contribution in [1.82, 2.24) is 13.7 Å². The Labute approximate surface area is 189 Å². The Balaban J connectivity index is 1.96. The van der Waals surface area contributed by atoms with Crippen LogP contribution in [0, 0.1) is 13.8 Å². The molecule has 0 spiro atoms. The molecular formula is C26H22ClN3O2. The third-order valence-electron chi connectivity index (χ3n) is 5.92. The van der Waals surface area contributed by atoms with E-state index in [-0.39, 0.29) is 11.2 Å². The predicted molar refractivity (Wildman–Crippen MR) is 130 cm³/mol. The second-order valence-electron chi connectivity index (χ2n) is 8.26. The highest BCUT2D eigenvalue weighted by Gasteiger charge is 2.21. The highest BCUT2D eigenvalue weighted by molar-refractivity contribution is 6.30. The largest absolute Gasteiger partial charge is 0.338 e. The Morgan fingerprint density at radius 2 is 1.59 bits per heavy atom. The number of fused-ring (bicyclic) bond motifs is 3. The number of hydrogen-bond donors (Lipinski definition) is 0. The van der Waals surface area contributed by atoms with Gasteiger partial charge < -0.3 is 4.57 Å². The molecule has 0 radical (unpaired) electrons. The smallest absolute Gasteiger partial charge is 0.336 e. The van der Waals surface area contributed by atoms with Gasteiger partial charge in [0.05, 0.1) is 23.3 Å². The number of hydrogen-bond acceptors (Lipinski definition) is 2. The van der Waals surface area contributed by atoms with Crippen molar-refractivity contribution in [2.45, 2.75) is 20.4 Å². The van der Waals surface area contributed by atoms with Crippen molar-refractivity contribution in [1.29, 1.82) is 0 Å². The van der Waals surface area contributed by atoms with Gasteiger partial charge in [0.15, 0.2) is 0 Å². The van der Waals surface area contributed by atoms with Gasteiger partial charge in [-0.15, -0.1) is 0 Å². The first-order valence-corrected chi connectivity index (χ1v) is 10.8. The molecule has 5 nitrogen and oxygen atoms in total. The molecule has 0 aliphatic heterocycles. The van der Waals surface area contributed by atoms with E-state index in [1.165, 1.54) is 4.57 Å². The monoisotopic (exact) mass is 443 g/mol. The maximum absolute atomic E-state index is 13.8. The number of benzene rings is 3. The maximum Gasteiger partial charge on any atom is 0.336 e. The maximum atomic E-state index is 13.8. The van der Waals surface area contributed by atoms with Crippen LogP contribution in [-0.2, 0) is 13.6 Å². The summed E-state index contributed by atoms with van der Waals surface area (Å²) < 4.78 is 4.84. The van der Waals surface area contributed by atoms with Crippen LogP contribution in [0.15, 0.2) is 76.3 Å². The molecule has 0 saturated heterocycles. The van der Waals surface area contributed by atoms with Crippen molar-refractivity contribution in [3.8, 4) is 5.69 Å². The molecule has 0 atom stereocenters. The summed E-state index contributed by atoms with van der Waals surface area (Å²) in [6.45, 7) is 4.25. The summed E-state index contributed by atoms with van der Waals surface area (Å²) in [4.78, 5) is 27.5. The zero-order chi connectivity index (χ0) is 22.6. The first-order valence-electron chi connectivity index (χ1n) is 10.4. The van der Waals surface area contributed by atoms with Gasteiger partial charge in [0, 0.05) is 17.5 Å². The van der Waals surface area contributed by atoms with Gasteiger partial charge in [-0.1, -0.05) is 47.5 Å². The molecule has 2 heterocycles. The van der Waals surface area contributed by atoms with Crippen LogP contribution in [0.5, 0.6) is 0 Å². The Bertz CT molecular complexity index is 1640. The van der Waals surface area contributed by atoms with Crippen LogP contribution in [0.25, 0.3) is 27.6 Å². The van der Waals surface area contributed by atoms with Gasteiger partial charge >= 0.3 is 5.69 Å². The van der Waals surface area contributed by atoms with Crippen molar-refractivity contribution in [2.24, 2.45) is 7.05 Å². The van der Waals surface area contributed by atoms with Gasteiger partial charge in [0.2, 0.25) is 0 Å². The average Bonchev–Trinajstić information content (AvgIpc) is 3.03. The summed E-state index contributed by atoms with van der Waals surface area (Å²) in [5, 5.41) is 1.49. The molecule has 6 heteroatoms. The molecule has 0 saturated carbocycles. The number of halogens is 1. The minimum Gasteiger partial charge on any atom is -0.338 e. The second kappa shape index (κ2) is 7.53. The van der Waals surface area contributed by atoms with E-state index < -0.39 is 0 Å². The zero-order valence-corrected chi connectivity index (χ0v) is 18.8. The molecule has 5 aromatic rings. The van der Waals surface area contributed by atoms with Gasteiger partial charge in [0.25, 0.3) is 5.56 Å². The quantitative estimate of drug-likeness (QED) is 0.395. The van der Waals surface area contributed by atoms with Crippen molar-refractivity contribution in [3.63, 3.8) is 0 Å². The van der Waals surface area contributed by atoms with E-state index in [1.807, 2.05) is 80.1 Å². The summed E-state index contributed by atoms with van der Waals surface area (Å²) in [5.74, 6) is 0. The summed E-state index contributed by atoms with van der Waals surface area (Å²) in [7, 11) is 1.87. The third kappa shape index (κ3) is 3.17. The van der Waals surface area contributed by atoms with Crippen LogP contribution < -0.4 is 11.2 Å². The van der Waals surface area contributed by atoms with Gasteiger partial charge in [-0.3, -0.25) is 9.36 Å². The van der Waals surface area contributed by atoms with Crippen molar-refractivity contribution < 1.29 is 0 Å². The molecule has 2 aromatic heterocycles.